The van der Waals surface area contributed by atoms with Crippen molar-refractivity contribution in [1.82, 2.24) is 5.32 Å². The summed E-state index contributed by atoms with van der Waals surface area (Å²) in [6, 6.07) is 2.15. The number of carbonyl (C=O) groups excluding carboxylic acids is 1. The minimum Gasteiger partial charge on any atom is -0.347 e. The van der Waals surface area contributed by atoms with Gasteiger partial charge in [-0.1, -0.05) is 38.8 Å². The molecule has 0 radical (unpaired) electrons. The van der Waals surface area contributed by atoms with E-state index in [2.05, 4.69) is 37.2 Å². The number of halogens is 4. The van der Waals surface area contributed by atoms with Gasteiger partial charge in [0, 0.05) is 15.3 Å². The highest BCUT2D eigenvalue weighted by Crippen LogP contribution is 2.22. The molecule has 0 aliphatic carbocycles. The second kappa shape index (κ2) is 6.79. The smallest absolute Gasteiger partial charge is 0.257 e. The van der Waals surface area contributed by atoms with Gasteiger partial charge in [-0.2, -0.15) is 0 Å². The number of amides is 1. The topological polar surface area (TPSA) is 29.1 Å². The van der Waals surface area contributed by atoms with E-state index < -0.39 is 28.6 Å². The van der Waals surface area contributed by atoms with E-state index in [0.717, 1.165) is 12.1 Å². The molecule has 1 amide bonds. The van der Waals surface area contributed by atoms with Crippen molar-refractivity contribution in [1.29, 1.82) is 0 Å². The molecule has 0 aliphatic heterocycles. The Balaban J connectivity index is 3.02. The molecule has 19 heavy (non-hydrogen) atoms. The van der Waals surface area contributed by atoms with Crippen LogP contribution in [0.25, 0.3) is 0 Å². The van der Waals surface area contributed by atoms with Crippen molar-refractivity contribution in [3.63, 3.8) is 0 Å². The van der Waals surface area contributed by atoms with Gasteiger partial charge in [0.15, 0.2) is 0 Å². The number of hydrogen-bond acceptors (Lipinski definition) is 1. The van der Waals surface area contributed by atoms with Crippen molar-refractivity contribution in [2.45, 2.75) is 32.2 Å². The monoisotopic (exact) mass is 397 g/mol. The van der Waals surface area contributed by atoms with Crippen LogP contribution in [0.4, 0.5) is 8.78 Å². The summed E-state index contributed by atoms with van der Waals surface area (Å²) in [7, 11) is 0. The third-order valence-corrected chi connectivity index (χ3v) is 3.93. The zero-order chi connectivity index (χ0) is 14.6. The van der Waals surface area contributed by atoms with Crippen molar-refractivity contribution in [2.75, 3.05) is 5.33 Å². The van der Waals surface area contributed by atoms with Crippen molar-refractivity contribution >= 4 is 37.8 Å². The van der Waals surface area contributed by atoms with E-state index in [1.54, 1.807) is 0 Å². The van der Waals surface area contributed by atoms with Crippen LogP contribution < -0.4 is 5.32 Å². The quantitative estimate of drug-likeness (QED) is 0.731. The molecule has 2 nitrogen and oxygen atoms in total. The Morgan fingerprint density at radius 3 is 2.32 bits per heavy atom. The fourth-order valence-electron chi connectivity index (χ4n) is 1.63. The highest BCUT2D eigenvalue weighted by atomic mass is 79.9. The maximum atomic E-state index is 13.7. The van der Waals surface area contributed by atoms with Gasteiger partial charge in [-0.3, -0.25) is 4.79 Å². The van der Waals surface area contributed by atoms with Crippen LogP contribution in [0.1, 0.15) is 37.0 Å². The van der Waals surface area contributed by atoms with Crippen LogP contribution in [0.3, 0.4) is 0 Å². The van der Waals surface area contributed by atoms with E-state index in [0.29, 0.717) is 18.2 Å². The lowest BCUT2D eigenvalue weighted by Gasteiger charge is -2.29. The fraction of sp³-hybridized carbons (Fsp3) is 0.462. The second-order valence-corrected chi connectivity index (χ2v) is 6.26. The minimum atomic E-state index is -0.873. The van der Waals surface area contributed by atoms with Gasteiger partial charge in [-0.25, -0.2) is 8.78 Å². The van der Waals surface area contributed by atoms with Gasteiger partial charge in [-0.05, 0) is 31.9 Å². The van der Waals surface area contributed by atoms with Gasteiger partial charge in [0.1, 0.15) is 17.2 Å². The maximum Gasteiger partial charge on any atom is 0.257 e. The summed E-state index contributed by atoms with van der Waals surface area (Å²) in [5.74, 6) is -2.48. The third-order valence-electron chi connectivity index (χ3n) is 3.08. The van der Waals surface area contributed by atoms with Crippen LogP contribution in [-0.4, -0.2) is 16.8 Å². The zero-order valence-electron chi connectivity index (χ0n) is 10.7. The van der Waals surface area contributed by atoms with Crippen LogP contribution in [0.5, 0.6) is 0 Å². The molecule has 6 heteroatoms. The summed E-state index contributed by atoms with van der Waals surface area (Å²) in [5.41, 5.74) is -1.04. The van der Waals surface area contributed by atoms with E-state index in [1.807, 2.05) is 13.8 Å². The number of hydrogen-bond donors (Lipinski definition) is 1. The molecule has 1 aromatic carbocycles. The molecule has 0 heterocycles. The third kappa shape index (κ3) is 4.24. The first kappa shape index (κ1) is 16.6. The first-order chi connectivity index (χ1) is 8.83. The van der Waals surface area contributed by atoms with Crippen molar-refractivity contribution in [2.24, 2.45) is 0 Å². The summed E-state index contributed by atoms with van der Waals surface area (Å²) in [4.78, 5) is 12.0. The summed E-state index contributed by atoms with van der Waals surface area (Å²) < 4.78 is 27.6. The van der Waals surface area contributed by atoms with E-state index in [-0.39, 0.29) is 4.47 Å². The molecule has 0 saturated carbocycles. The van der Waals surface area contributed by atoms with Gasteiger partial charge in [-0.15, -0.1) is 0 Å². The number of rotatable bonds is 5. The Morgan fingerprint density at radius 2 is 1.89 bits per heavy atom. The maximum absolute atomic E-state index is 13.7. The van der Waals surface area contributed by atoms with Crippen LogP contribution in [-0.2, 0) is 0 Å². The summed E-state index contributed by atoms with van der Waals surface area (Å²) in [5, 5.41) is 3.39. The molecular formula is C13H15Br2F2NO. The number of alkyl halides is 1. The van der Waals surface area contributed by atoms with E-state index in [4.69, 9.17) is 0 Å². The molecule has 1 N–H and O–H groups in total. The molecule has 0 aromatic heterocycles. The molecule has 0 saturated heterocycles. The van der Waals surface area contributed by atoms with E-state index in [1.165, 1.54) is 0 Å². The number of benzene rings is 1. The lowest BCUT2D eigenvalue weighted by molar-refractivity contribution is 0.0893. The Bertz CT molecular complexity index is 459. The Labute approximate surface area is 128 Å². The molecule has 0 spiro atoms. The lowest BCUT2D eigenvalue weighted by Crippen LogP contribution is -2.46. The molecule has 0 fully saturated rings. The lowest BCUT2D eigenvalue weighted by atomic mass is 9.95. The Morgan fingerprint density at radius 1 is 1.37 bits per heavy atom. The summed E-state index contributed by atoms with van der Waals surface area (Å²) >= 11 is 6.28. The molecule has 106 valence electrons. The predicted octanol–water partition coefficient (Wildman–Crippen LogP) is 4.41. The van der Waals surface area contributed by atoms with Gasteiger partial charge in [0.25, 0.3) is 5.91 Å². The van der Waals surface area contributed by atoms with E-state index in [9.17, 15) is 13.6 Å². The molecule has 1 rings (SSSR count). The van der Waals surface area contributed by atoms with Crippen LogP contribution in [0.2, 0.25) is 0 Å². The highest BCUT2D eigenvalue weighted by molar-refractivity contribution is 9.10. The standard InChI is InChI=1S/C13H15Br2F2NO/c1-3-13(2,4-5-14)18-12(19)11-9(16)6-8(15)7-10(11)17/h6-7H,3-5H2,1-2H3,(H,18,19). The van der Waals surface area contributed by atoms with Crippen molar-refractivity contribution < 1.29 is 13.6 Å². The van der Waals surface area contributed by atoms with Crippen molar-refractivity contribution in [3.05, 3.63) is 33.8 Å². The molecule has 0 bridgehead atoms. The fourth-order valence-corrected chi connectivity index (χ4v) is 2.91. The summed E-state index contributed by atoms with van der Waals surface area (Å²) in [6.45, 7) is 3.76. The molecule has 1 unspecified atom stereocenters. The highest BCUT2D eigenvalue weighted by Gasteiger charge is 2.27. The number of carbonyl (C=O) groups is 1. The average molecular weight is 399 g/mol. The SMILES string of the molecule is CCC(C)(CCBr)NC(=O)c1c(F)cc(Br)cc1F. The van der Waals surface area contributed by atoms with Crippen LogP contribution >= 0.6 is 31.9 Å². The Hall–Kier alpha value is -0.490. The Kier molecular flexibility index (Phi) is 5.92. The van der Waals surface area contributed by atoms with Crippen molar-refractivity contribution in [3.8, 4) is 0 Å². The van der Waals surface area contributed by atoms with Crippen LogP contribution in [0.15, 0.2) is 16.6 Å². The van der Waals surface area contributed by atoms with E-state index >= 15 is 0 Å². The second-order valence-electron chi connectivity index (χ2n) is 4.55. The van der Waals surface area contributed by atoms with Gasteiger partial charge >= 0.3 is 0 Å². The van der Waals surface area contributed by atoms with Gasteiger partial charge < -0.3 is 5.32 Å². The molecule has 1 aromatic rings. The molecular weight excluding hydrogens is 384 g/mol. The zero-order valence-corrected chi connectivity index (χ0v) is 13.9. The minimum absolute atomic E-state index is 0.262. The number of nitrogens with one attached hydrogen (secondary N) is 1. The predicted molar refractivity (Wildman–Crippen MR) is 78.6 cm³/mol. The molecule has 0 aliphatic rings. The largest absolute Gasteiger partial charge is 0.347 e. The summed E-state index contributed by atoms with van der Waals surface area (Å²) in [6.07, 6.45) is 1.35. The van der Waals surface area contributed by atoms with Crippen LogP contribution in [0, 0.1) is 11.6 Å². The normalized spacial score (nSPS) is 14.0. The van der Waals surface area contributed by atoms with Gasteiger partial charge in [0.2, 0.25) is 0 Å². The van der Waals surface area contributed by atoms with Gasteiger partial charge in [0.05, 0.1) is 0 Å². The molecule has 1 atom stereocenters. The first-order valence-corrected chi connectivity index (χ1v) is 7.77. The first-order valence-electron chi connectivity index (χ1n) is 5.86. The average Bonchev–Trinajstić information content (AvgIpc) is 2.27.